The van der Waals surface area contributed by atoms with Crippen LogP contribution >= 0.6 is 0 Å². The van der Waals surface area contributed by atoms with Crippen molar-refractivity contribution in [1.29, 1.82) is 0 Å². The molecule has 2 rings (SSSR count). The summed E-state index contributed by atoms with van der Waals surface area (Å²) in [5.74, 6) is 0.735. The molecule has 2 atom stereocenters. The highest BCUT2D eigenvalue weighted by atomic mass is 16.3. The van der Waals surface area contributed by atoms with Crippen LogP contribution in [0, 0.1) is 11.3 Å². The number of aliphatic hydroxyl groups excluding tert-OH is 1. The van der Waals surface area contributed by atoms with E-state index < -0.39 is 0 Å². The number of hydrogen-bond donors (Lipinski definition) is 2. The lowest BCUT2D eigenvalue weighted by molar-refractivity contribution is 0.163. The van der Waals surface area contributed by atoms with E-state index in [-0.39, 0.29) is 6.61 Å². The number of aliphatic hydroxyl groups is 1. The summed E-state index contributed by atoms with van der Waals surface area (Å²) in [6.07, 6.45) is 5.29. The van der Waals surface area contributed by atoms with E-state index >= 15 is 0 Å². The molecule has 1 aliphatic carbocycles. The van der Waals surface area contributed by atoms with Crippen molar-refractivity contribution in [2.75, 3.05) is 5.32 Å². The summed E-state index contributed by atoms with van der Waals surface area (Å²) >= 11 is 0. The molecule has 2 N–H and O–H groups in total. The summed E-state index contributed by atoms with van der Waals surface area (Å²) < 4.78 is 0. The molecule has 1 aliphatic rings. The van der Waals surface area contributed by atoms with Gasteiger partial charge in [0, 0.05) is 11.7 Å². The largest absolute Gasteiger partial charge is 0.392 e. The van der Waals surface area contributed by atoms with Crippen LogP contribution in [-0.2, 0) is 6.61 Å². The predicted octanol–water partition coefficient (Wildman–Crippen LogP) is 4.20. The van der Waals surface area contributed by atoms with Crippen molar-refractivity contribution >= 4 is 5.69 Å². The molecule has 0 heterocycles. The SMILES string of the molecule is CC(C)(C)C1CCCCC1Nc1ccc(CO)cc1. The first-order chi connectivity index (χ1) is 9.00. The molecular formula is C17H27NO. The molecule has 1 saturated carbocycles. The van der Waals surface area contributed by atoms with E-state index in [0.717, 1.165) is 11.5 Å². The van der Waals surface area contributed by atoms with Crippen LogP contribution in [0.2, 0.25) is 0 Å². The van der Waals surface area contributed by atoms with E-state index in [4.69, 9.17) is 5.11 Å². The maximum atomic E-state index is 9.08. The third kappa shape index (κ3) is 3.73. The van der Waals surface area contributed by atoms with Gasteiger partial charge in [-0.1, -0.05) is 45.7 Å². The smallest absolute Gasteiger partial charge is 0.0681 e. The summed E-state index contributed by atoms with van der Waals surface area (Å²) in [5, 5.41) is 12.8. The van der Waals surface area contributed by atoms with Crippen LogP contribution in [0.4, 0.5) is 5.69 Å². The van der Waals surface area contributed by atoms with E-state index in [2.05, 4.69) is 38.2 Å². The highest BCUT2D eigenvalue weighted by molar-refractivity contribution is 5.45. The molecule has 0 radical (unpaired) electrons. The molecule has 19 heavy (non-hydrogen) atoms. The predicted molar refractivity (Wildman–Crippen MR) is 81.2 cm³/mol. The minimum absolute atomic E-state index is 0.119. The van der Waals surface area contributed by atoms with Crippen LogP contribution < -0.4 is 5.32 Å². The minimum atomic E-state index is 0.119. The van der Waals surface area contributed by atoms with E-state index in [1.165, 1.54) is 31.4 Å². The van der Waals surface area contributed by atoms with Crippen LogP contribution in [0.5, 0.6) is 0 Å². The van der Waals surface area contributed by atoms with Crippen molar-refractivity contribution in [2.24, 2.45) is 11.3 Å². The van der Waals surface area contributed by atoms with Crippen LogP contribution in [0.15, 0.2) is 24.3 Å². The topological polar surface area (TPSA) is 32.3 Å². The fourth-order valence-electron chi connectivity index (χ4n) is 3.26. The molecule has 0 aliphatic heterocycles. The zero-order valence-electron chi connectivity index (χ0n) is 12.4. The quantitative estimate of drug-likeness (QED) is 0.855. The molecule has 1 fully saturated rings. The second-order valence-corrected chi connectivity index (χ2v) is 6.86. The highest BCUT2D eigenvalue weighted by Gasteiger charge is 2.33. The van der Waals surface area contributed by atoms with Gasteiger partial charge in [-0.15, -0.1) is 0 Å². The van der Waals surface area contributed by atoms with E-state index in [1.807, 2.05) is 12.1 Å². The Balaban J connectivity index is 2.06. The van der Waals surface area contributed by atoms with Gasteiger partial charge in [0.05, 0.1) is 6.61 Å². The molecule has 1 aromatic carbocycles. The van der Waals surface area contributed by atoms with Crippen molar-refractivity contribution in [3.05, 3.63) is 29.8 Å². The second kappa shape index (κ2) is 5.96. The second-order valence-electron chi connectivity index (χ2n) is 6.86. The van der Waals surface area contributed by atoms with Crippen molar-refractivity contribution in [3.63, 3.8) is 0 Å². The zero-order valence-corrected chi connectivity index (χ0v) is 12.4. The summed E-state index contributed by atoms with van der Waals surface area (Å²) in [7, 11) is 0. The number of anilines is 1. The molecule has 0 bridgehead atoms. The molecular weight excluding hydrogens is 234 g/mol. The normalized spacial score (nSPS) is 24.2. The van der Waals surface area contributed by atoms with Crippen LogP contribution in [-0.4, -0.2) is 11.1 Å². The summed E-state index contributed by atoms with van der Waals surface area (Å²) in [6.45, 7) is 7.18. The maximum absolute atomic E-state index is 9.08. The van der Waals surface area contributed by atoms with Gasteiger partial charge < -0.3 is 10.4 Å². The lowest BCUT2D eigenvalue weighted by atomic mass is 9.69. The van der Waals surface area contributed by atoms with Crippen LogP contribution in [0.1, 0.15) is 52.0 Å². The molecule has 0 saturated heterocycles. The van der Waals surface area contributed by atoms with Gasteiger partial charge in [-0.05, 0) is 41.9 Å². The van der Waals surface area contributed by atoms with Crippen molar-refractivity contribution < 1.29 is 5.11 Å². The van der Waals surface area contributed by atoms with E-state index in [9.17, 15) is 0 Å². The van der Waals surface area contributed by atoms with E-state index in [1.54, 1.807) is 0 Å². The average Bonchev–Trinajstić information content (AvgIpc) is 2.39. The Morgan fingerprint density at radius 1 is 1.11 bits per heavy atom. The van der Waals surface area contributed by atoms with Crippen LogP contribution in [0.25, 0.3) is 0 Å². The lowest BCUT2D eigenvalue weighted by Crippen LogP contribution is -2.39. The van der Waals surface area contributed by atoms with Gasteiger partial charge in [0.1, 0.15) is 0 Å². The molecule has 2 unspecified atom stereocenters. The third-order valence-corrected chi connectivity index (χ3v) is 4.37. The Labute approximate surface area is 117 Å². The summed E-state index contributed by atoms with van der Waals surface area (Å²) in [4.78, 5) is 0. The van der Waals surface area contributed by atoms with E-state index in [0.29, 0.717) is 11.5 Å². The standard InChI is InChI=1S/C17H27NO/c1-17(2,3)15-6-4-5-7-16(15)18-14-10-8-13(12-19)9-11-14/h8-11,15-16,18-19H,4-7,12H2,1-3H3. The monoisotopic (exact) mass is 261 g/mol. The van der Waals surface area contributed by atoms with Gasteiger partial charge in [0.15, 0.2) is 0 Å². The lowest BCUT2D eigenvalue weighted by Gasteiger charge is -2.41. The van der Waals surface area contributed by atoms with Crippen molar-refractivity contribution in [1.82, 2.24) is 0 Å². The van der Waals surface area contributed by atoms with Crippen LogP contribution in [0.3, 0.4) is 0 Å². The fourth-order valence-corrected chi connectivity index (χ4v) is 3.26. The summed E-state index contributed by atoms with van der Waals surface area (Å²) in [5.41, 5.74) is 2.52. The average molecular weight is 261 g/mol. The number of benzene rings is 1. The molecule has 106 valence electrons. The maximum Gasteiger partial charge on any atom is 0.0681 e. The highest BCUT2D eigenvalue weighted by Crippen LogP contribution is 2.39. The molecule has 2 nitrogen and oxygen atoms in total. The number of nitrogens with one attached hydrogen (secondary N) is 1. The number of hydrogen-bond acceptors (Lipinski definition) is 2. The molecule has 0 spiro atoms. The Bertz CT molecular complexity index is 391. The number of rotatable bonds is 3. The third-order valence-electron chi connectivity index (χ3n) is 4.37. The Hall–Kier alpha value is -1.02. The van der Waals surface area contributed by atoms with Gasteiger partial charge in [0.25, 0.3) is 0 Å². The van der Waals surface area contributed by atoms with Crippen molar-refractivity contribution in [2.45, 2.75) is 59.1 Å². The first-order valence-electron chi connectivity index (χ1n) is 7.47. The van der Waals surface area contributed by atoms with Gasteiger partial charge in [-0.2, -0.15) is 0 Å². The van der Waals surface area contributed by atoms with Gasteiger partial charge in [-0.3, -0.25) is 0 Å². The Morgan fingerprint density at radius 2 is 1.74 bits per heavy atom. The Kier molecular flexibility index (Phi) is 4.51. The van der Waals surface area contributed by atoms with Crippen molar-refractivity contribution in [3.8, 4) is 0 Å². The summed E-state index contributed by atoms with van der Waals surface area (Å²) in [6, 6.07) is 8.74. The van der Waals surface area contributed by atoms with Gasteiger partial charge in [0.2, 0.25) is 0 Å². The molecule has 1 aromatic rings. The minimum Gasteiger partial charge on any atom is -0.392 e. The zero-order chi connectivity index (χ0) is 13.9. The Morgan fingerprint density at radius 3 is 2.32 bits per heavy atom. The fraction of sp³-hybridized carbons (Fsp3) is 0.647. The van der Waals surface area contributed by atoms with Gasteiger partial charge in [-0.25, -0.2) is 0 Å². The molecule has 2 heteroatoms. The molecule has 0 aromatic heterocycles. The first-order valence-corrected chi connectivity index (χ1v) is 7.47. The molecule has 0 amide bonds. The first kappa shape index (κ1) is 14.4. The van der Waals surface area contributed by atoms with Gasteiger partial charge >= 0.3 is 0 Å².